The maximum Gasteiger partial charge on any atom is 0.319 e. The van der Waals surface area contributed by atoms with Crippen molar-refractivity contribution in [1.82, 2.24) is 0 Å². The highest BCUT2D eigenvalue weighted by Gasteiger charge is 2.28. The van der Waals surface area contributed by atoms with Crippen molar-refractivity contribution in [3.8, 4) is 22.6 Å². The number of carbonyl (C=O) groups is 1. The Bertz CT molecular complexity index is 1490. The van der Waals surface area contributed by atoms with Crippen LogP contribution in [-0.2, 0) is 4.79 Å². The first kappa shape index (κ1) is 21.7. The molecular weight excluding hydrogens is 420 g/mol. The van der Waals surface area contributed by atoms with Gasteiger partial charge in [0.25, 0.3) is 0 Å². The zero-order chi connectivity index (χ0) is 23.7. The van der Waals surface area contributed by atoms with E-state index in [0.29, 0.717) is 11.3 Å². The minimum absolute atomic E-state index is 0.0600. The Balaban J connectivity index is 1.71. The number of fused-ring (bicyclic) bond motifs is 2. The van der Waals surface area contributed by atoms with Crippen molar-refractivity contribution < 1.29 is 14.6 Å². The SMILES string of the molecule is CC(C)[C@@H](C(=O)Oc1ccc2ccccc2c1-c1c(O)ccc2ccccc12)c1ccccc1. The van der Waals surface area contributed by atoms with Gasteiger partial charge in [0.05, 0.1) is 5.92 Å². The van der Waals surface area contributed by atoms with Gasteiger partial charge < -0.3 is 9.84 Å². The fourth-order valence-electron chi connectivity index (χ4n) is 4.74. The summed E-state index contributed by atoms with van der Waals surface area (Å²) in [5.41, 5.74) is 2.31. The van der Waals surface area contributed by atoms with E-state index in [2.05, 4.69) is 0 Å². The topological polar surface area (TPSA) is 46.5 Å². The Morgan fingerprint density at radius 2 is 1.24 bits per heavy atom. The first-order valence-corrected chi connectivity index (χ1v) is 11.5. The highest BCUT2D eigenvalue weighted by molar-refractivity contribution is 6.10. The summed E-state index contributed by atoms with van der Waals surface area (Å²) in [7, 11) is 0. The number of ether oxygens (including phenoxy) is 1. The number of hydrogen-bond donors (Lipinski definition) is 1. The van der Waals surface area contributed by atoms with Crippen LogP contribution in [-0.4, -0.2) is 11.1 Å². The quantitative estimate of drug-likeness (QED) is 0.222. The molecule has 0 radical (unpaired) electrons. The summed E-state index contributed by atoms with van der Waals surface area (Å²) in [6.45, 7) is 4.05. The molecular formula is C31H26O3. The van der Waals surface area contributed by atoms with Crippen LogP contribution in [0.3, 0.4) is 0 Å². The average molecular weight is 447 g/mol. The molecule has 0 saturated heterocycles. The van der Waals surface area contributed by atoms with Gasteiger partial charge in [0.1, 0.15) is 11.5 Å². The Kier molecular flexibility index (Phi) is 5.77. The molecule has 34 heavy (non-hydrogen) atoms. The fourth-order valence-corrected chi connectivity index (χ4v) is 4.74. The lowest BCUT2D eigenvalue weighted by molar-refractivity contribution is -0.137. The van der Waals surface area contributed by atoms with Gasteiger partial charge >= 0.3 is 5.97 Å². The summed E-state index contributed by atoms with van der Waals surface area (Å²) < 4.78 is 6.14. The summed E-state index contributed by atoms with van der Waals surface area (Å²) in [4.78, 5) is 13.5. The molecule has 0 spiro atoms. The van der Waals surface area contributed by atoms with Crippen molar-refractivity contribution in [2.24, 2.45) is 5.92 Å². The van der Waals surface area contributed by atoms with Gasteiger partial charge in [0.15, 0.2) is 0 Å². The maximum absolute atomic E-state index is 13.5. The molecule has 0 bridgehead atoms. The zero-order valence-electron chi connectivity index (χ0n) is 19.2. The molecule has 0 aliphatic heterocycles. The van der Waals surface area contributed by atoms with Gasteiger partial charge in [0, 0.05) is 11.1 Å². The lowest BCUT2D eigenvalue weighted by Crippen LogP contribution is -2.23. The number of phenolic OH excluding ortho intramolecular Hbond substituents is 1. The third-order valence-electron chi connectivity index (χ3n) is 6.34. The van der Waals surface area contributed by atoms with E-state index in [1.165, 1.54) is 0 Å². The molecule has 0 unspecified atom stereocenters. The molecule has 3 heteroatoms. The molecule has 0 heterocycles. The number of hydrogen-bond acceptors (Lipinski definition) is 3. The van der Waals surface area contributed by atoms with Gasteiger partial charge in [-0.1, -0.05) is 105 Å². The lowest BCUT2D eigenvalue weighted by Gasteiger charge is -2.22. The molecule has 0 fully saturated rings. The second kappa shape index (κ2) is 9.03. The highest BCUT2D eigenvalue weighted by Crippen LogP contribution is 2.45. The second-order valence-electron chi connectivity index (χ2n) is 8.89. The predicted molar refractivity (Wildman–Crippen MR) is 138 cm³/mol. The van der Waals surface area contributed by atoms with Crippen LogP contribution in [0.5, 0.6) is 11.5 Å². The monoisotopic (exact) mass is 446 g/mol. The normalized spacial score (nSPS) is 12.2. The molecule has 168 valence electrons. The molecule has 0 saturated carbocycles. The average Bonchev–Trinajstić information content (AvgIpc) is 2.85. The minimum Gasteiger partial charge on any atom is -0.507 e. The van der Waals surface area contributed by atoms with Crippen LogP contribution >= 0.6 is 0 Å². The molecule has 1 atom stereocenters. The van der Waals surface area contributed by atoms with E-state index in [4.69, 9.17) is 4.74 Å². The van der Waals surface area contributed by atoms with Crippen molar-refractivity contribution in [2.75, 3.05) is 0 Å². The van der Waals surface area contributed by atoms with Gasteiger partial charge in [-0.15, -0.1) is 0 Å². The lowest BCUT2D eigenvalue weighted by atomic mass is 9.88. The van der Waals surface area contributed by atoms with Crippen LogP contribution in [0.1, 0.15) is 25.3 Å². The molecule has 5 aromatic carbocycles. The van der Waals surface area contributed by atoms with Crippen LogP contribution in [0.4, 0.5) is 0 Å². The molecule has 5 aromatic rings. The number of phenols is 1. The summed E-state index contributed by atoms with van der Waals surface area (Å²) in [6, 6.07) is 33.0. The Morgan fingerprint density at radius 3 is 1.88 bits per heavy atom. The van der Waals surface area contributed by atoms with Crippen molar-refractivity contribution in [2.45, 2.75) is 19.8 Å². The van der Waals surface area contributed by atoms with Gasteiger partial charge in [-0.25, -0.2) is 0 Å². The van der Waals surface area contributed by atoms with Gasteiger partial charge in [-0.3, -0.25) is 4.79 Å². The van der Waals surface area contributed by atoms with Crippen LogP contribution in [0.2, 0.25) is 0 Å². The van der Waals surface area contributed by atoms with Crippen LogP contribution < -0.4 is 4.74 Å². The zero-order valence-corrected chi connectivity index (χ0v) is 19.2. The Labute approximate surface area is 199 Å². The summed E-state index contributed by atoms with van der Waals surface area (Å²) in [5, 5.41) is 14.8. The van der Waals surface area contributed by atoms with Crippen molar-refractivity contribution >= 4 is 27.5 Å². The van der Waals surface area contributed by atoms with Gasteiger partial charge in [-0.2, -0.15) is 0 Å². The first-order chi connectivity index (χ1) is 16.5. The third kappa shape index (κ3) is 3.90. The first-order valence-electron chi connectivity index (χ1n) is 11.5. The molecule has 0 aliphatic carbocycles. The van der Waals surface area contributed by atoms with E-state index in [1.807, 2.05) is 111 Å². The molecule has 5 rings (SSSR count). The van der Waals surface area contributed by atoms with Crippen LogP contribution in [0, 0.1) is 5.92 Å². The number of carbonyl (C=O) groups excluding carboxylic acids is 1. The number of rotatable bonds is 5. The Morgan fingerprint density at radius 1 is 0.676 bits per heavy atom. The third-order valence-corrected chi connectivity index (χ3v) is 6.34. The van der Waals surface area contributed by atoms with Crippen molar-refractivity contribution in [3.63, 3.8) is 0 Å². The van der Waals surface area contributed by atoms with E-state index in [-0.39, 0.29) is 17.6 Å². The highest BCUT2D eigenvalue weighted by atomic mass is 16.5. The van der Waals surface area contributed by atoms with Gasteiger partial charge in [-0.05, 0) is 45.2 Å². The molecule has 0 aliphatic rings. The molecule has 0 amide bonds. The van der Waals surface area contributed by atoms with Crippen LogP contribution in [0.25, 0.3) is 32.7 Å². The van der Waals surface area contributed by atoms with Crippen molar-refractivity contribution in [3.05, 3.63) is 109 Å². The maximum atomic E-state index is 13.5. The van der Waals surface area contributed by atoms with E-state index >= 15 is 0 Å². The minimum atomic E-state index is -0.401. The summed E-state index contributed by atoms with van der Waals surface area (Å²) >= 11 is 0. The second-order valence-corrected chi connectivity index (χ2v) is 8.89. The predicted octanol–water partition coefficient (Wildman–Crippen LogP) is 7.71. The van der Waals surface area contributed by atoms with Crippen LogP contribution in [0.15, 0.2) is 103 Å². The fraction of sp³-hybridized carbons (Fsp3) is 0.129. The number of esters is 1. The van der Waals surface area contributed by atoms with E-state index in [0.717, 1.165) is 32.7 Å². The summed E-state index contributed by atoms with van der Waals surface area (Å²) in [5.74, 6) is -0.0587. The van der Waals surface area contributed by atoms with Crippen molar-refractivity contribution in [1.29, 1.82) is 0 Å². The molecule has 1 N–H and O–H groups in total. The Hall–Kier alpha value is -4.11. The molecule has 0 aromatic heterocycles. The molecule has 3 nitrogen and oxygen atoms in total. The standard InChI is InChI=1S/C31H26O3/c1-20(2)28(23-12-4-3-5-13-23)31(33)34-27-19-17-22-11-7-9-15-25(22)30(27)29-24-14-8-6-10-21(24)16-18-26(29)32/h3-20,28,32H,1-2H3/t28-/m1/s1. The van der Waals surface area contributed by atoms with Gasteiger partial charge in [0.2, 0.25) is 0 Å². The van der Waals surface area contributed by atoms with E-state index in [9.17, 15) is 9.90 Å². The number of aromatic hydroxyl groups is 1. The number of benzene rings is 5. The largest absolute Gasteiger partial charge is 0.507 e. The van der Waals surface area contributed by atoms with E-state index < -0.39 is 5.92 Å². The summed E-state index contributed by atoms with van der Waals surface area (Å²) in [6.07, 6.45) is 0. The van der Waals surface area contributed by atoms with E-state index in [1.54, 1.807) is 6.07 Å². The smallest absolute Gasteiger partial charge is 0.319 e.